The number of methoxy groups -OCH3 is 1. The second-order valence-electron chi connectivity index (χ2n) is 4.78. The molecule has 0 aromatic rings. The van der Waals surface area contributed by atoms with Crippen molar-refractivity contribution in [3.8, 4) is 0 Å². The number of nitrogens with one attached hydrogen (secondary N) is 1. The molecule has 0 spiro atoms. The van der Waals surface area contributed by atoms with E-state index in [-0.39, 0.29) is 18.1 Å². The first-order valence-corrected chi connectivity index (χ1v) is 5.93. The highest BCUT2D eigenvalue weighted by molar-refractivity contribution is 5.71. The maximum atomic E-state index is 11.3. The molecule has 0 saturated heterocycles. The van der Waals surface area contributed by atoms with Gasteiger partial charge in [-0.25, -0.2) is 0 Å². The first-order chi connectivity index (χ1) is 7.95. The molecule has 0 bridgehead atoms. The van der Waals surface area contributed by atoms with Gasteiger partial charge in [-0.3, -0.25) is 4.79 Å². The highest BCUT2D eigenvalue weighted by Gasteiger charge is 2.11. The summed E-state index contributed by atoms with van der Waals surface area (Å²) in [6.07, 6.45) is 0.857. The zero-order valence-electron chi connectivity index (χ0n) is 11.4. The van der Waals surface area contributed by atoms with Crippen LogP contribution in [0.3, 0.4) is 0 Å². The summed E-state index contributed by atoms with van der Waals surface area (Å²) in [6, 6.07) is 0. The summed E-state index contributed by atoms with van der Waals surface area (Å²) in [5.74, 6) is -0.250. The van der Waals surface area contributed by atoms with E-state index in [4.69, 9.17) is 14.2 Å². The van der Waals surface area contributed by atoms with Crippen LogP contribution in [0.1, 0.15) is 27.2 Å². The van der Waals surface area contributed by atoms with Gasteiger partial charge >= 0.3 is 5.97 Å². The molecule has 5 nitrogen and oxygen atoms in total. The first kappa shape index (κ1) is 16.4. The molecule has 0 aliphatic carbocycles. The smallest absolute Gasteiger partial charge is 0.320 e. The summed E-state index contributed by atoms with van der Waals surface area (Å²) >= 11 is 0. The van der Waals surface area contributed by atoms with E-state index in [1.807, 2.05) is 20.8 Å². The molecule has 0 atom stereocenters. The van der Waals surface area contributed by atoms with Crippen LogP contribution in [-0.4, -0.2) is 51.6 Å². The van der Waals surface area contributed by atoms with Gasteiger partial charge in [-0.05, 0) is 27.2 Å². The fourth-order valence-corrected chi connectivity index (χ4v) is 1.01. The molecule has 102 valence electrons. The Labute approximate surface area is 104 Å². The van der Waals surface area contributed by atoms with E-state index in [2.05, 4.69) is 5.32 Å². The third-order valence-corrected chi connectivity index (χ3v) is 1.89. The highest BCUT2D eigenvalue weighted by Crippen LogP contribution is 1.97. The van der Waals surface area contributed by atoms with E-state index < -0.39 is 0 Å². The largest absolute Gasteiger partial charge is 0.462 e. The molecule has 0 fully saturated rings. The summed E-state index contributed by atoms with van der Waals surface area (Å²) in [6.45, 7) is 8.29. The number of rotatable bonds is 9. The molecule has 17 heavy (non-hydrogen) atoms. The number of hydrogen-bond acceptors (Lipinski definition) is 5. The SMILES string of the molecule is COCCCOCCOC(=O)CNC(C)(C)C. The van der Waals surface area contributed by atoms with Crippen molar-refractivity contribution in [2.45, 2.75) is 32.7 Å². The van der Waals surface area contributed by atoms with E-state index >= 15 is 0 Å². The van der Waals surface area contributed by atoms with Crippen LogP contribution >= 0.6 is 0 Å². The molecule has 0 aliphatic rings. The average Bonchev–Trinajstić information content (AvgIpc) is 2.24. The molecule has 0 aliphatic heterocycles. The van der Waals surface area contributed by atoms with Crippen molar-refractivity contribution in [2.75, 3.05) is 40.1 Å². The van der Waals surface area contributed by atoms with Gasteiger partial charge in [0.15, 0.2) is 0 Å². The lowest BCUT2D eigenvalue weighted by molar-refractivity contribution is -0.144. The standard InChI is InChI=1S/C12H25NO4/c1-12(2,3)13-10-11(14)17-9-8-16-7-5-6-15-4/h13H,5-10H2,1-4H3. The summed E-state index contributed by atoms with van der Waals surface area (Å²) in [7, 11) is 1.66. The van der Waals surface area contributed by atoms with E-state index in [1.54, 1.807) is 7.11 Å². The minimum absolute atomic E-state index is 0.0737. The number of esters is 1. The van der Waals surface area contributed by atoms with Crippen molar-refractivity contribution in [2.24, 2.45) is 0 Å². The minimum atomic E-state index is -0.250. The molecular weight excluding hydrogens is 222 g/mol. The Morgan fingerprint density at radius 1 is 1.12 bits per heavy atom. The molecule has 0 radical (unpaired) electrons. The van der Waals surface area contributed by atoms with Crippen LogP contribution in [0, 0.1) is 0 Å². The molecule has 0 heterocycles. The summed E-state index contributed by atoms with van der Waals surface area (Å²) < 4.78 is 15.1. The van der Waals surface area contributed by atoms with Gasteiger partial charge in [0.25, 0.3) is 0 Å². The quantitative estimate of drug-likeness (QED) is 0.486. The number of ether oxygens (including phenoxy) is 3. The van der Waals surface area contributed by atoms with Crippen LogP contribution in [0.15, 0.2) is 0 Å². The number of carbonyl (C=O) groups excluding carboxylic acids is 1. The molecule has 0 saturated carbocycles. The molecular formula is C12H25NO4. The predicted octanol–water partition coefficient (Wildman–Crippen LogP) is 0.971. The van der Waals surface area contributed by atoms with Crippen LogP contribution in [0.4, 0.5) is 0 Å². The molecule has 1 N–H and O–H groups in total. The lowest BCUT2D eigenvalue weighted by atomic mass is 10.1. The van der Waals surface area contributed by atoms with E-state index in [1.165, 1.54) is 0 Å². The Hall–Kier alpha value is -0.650. The van der Waals surface area contributed by atoms with Gasteiger partial charge in [-0.15, -0.1) is 0 Å². The molecule has 0 aromatic heterocycles. The first-order valence-electron chi connectivity index (χ1n) is 5.93. The Morgan fingerprint density at radius 2 is 1.82 bits per heavy atom. The van der Waals surface area contributed by atoms with Crippen molar-refractivity contribution >= 4 is 5.97 Å². The topological polar surface area (TPSA) is 56.8 Å². The average molecular weight is 247 g/mol. The molecule has 5 heteroatoms. The number of carbonyl (C=O) groups is 1. The van der Waals surface area contributed by atoms with E-state index in [9.17, 15) is 4.79 Å². The predicted molar refractivity (Wildman–Crippen MR) is 66.0 cm³/mol. The minimum Gasteiger partial charge on any atom is -0.462 e. The van der Waals surface area contributed by atoms with Crippen LogP contribution in [0.25, 0.3) is 0 Å². The lowest BCUT2D eigenvalue weighted by Crippen LogP contribution is -2.40. The Morgan fingerprint density at radius 3 is 2.41 bits per heavy atom. The second kappa shape index (κ2) is 9.39. The van der Waals surface area contributed by atoms with Crippen LogP contribution < -0.4 is 5.32 Å². The third kappa shape index (κ3) is 13.3. The zero-order valence-corrected chi connectivity index (χ0v) is 11.4. The summed E-state index contributed by atoms with van der Waals surface area (Å²) in [5.41, 5.74) is -0.0737. The fourth-order valence-electron chi connectivity index (χ4n) is 1.01. The van der Waals surface area contributed by atoms with Gasteiger partial charge in [-0.1, -0.05) is 0 Å². The normalized spacial score (nSPS) is 11.5. The van der Waals surface area contributed by atoms with E-state index in [0.717, 1.165) is 6.42 Å². The molecule has 0 aromatic carbocycles. The van der Waals surface area contributed by atoms with Gasteiger partial charge in [0.2, 0.25) is 0 Å². The van der Waals surface area contributed by atoms with Crippen LogP contribution in [0.2, 0.25) is 0 Å². The second-order valence-corrected chi connectivity index (χ2v) is 4.78. The van der Waals surface area contributed by atoms with Gasteiger partial charge in [0.1, 0.15) is 6.61 Å². The highest BCUT2D eigenvalue weighted by atomic mass is 16.6. The van der Waals surface area contributed by atoms with Gasteiger partial charge in [0, 0.05) is 25.9 Å². The Kier molecular flexibility index (Phi) is 9.03. The Bertz CT molecular complexity index is 201. The van der Waals surface area contributed by atoms with Crippen molar-refractivity contribution < 1.29 is 19.0 Å². The lowest BCUT2D eigenvalue weighted by Gasteiger charge is -2.19. The molecule has 0 unspecified atom stereocenters. The van der Waals surface area contributed by atoms with Gasteiger partial charge < -0.3 is 19.5 Å². The van der Waals surface area contributed by atoms with Crippen molar-refractivity contribution in [3.05, 3.63) is 0 Å². The van der Waals surface area contributed by atoms with E-state index in [0.29, 0.717) is 26.4 Å². The summed E-state index contributed by atoms with van der Waals surface area (Å²) in [4.78, 5) is 11.3. The fraction of sp³-hybridized carbons (Fsp3) is 0.917. The van der Waals surface area contributed by atoms with Crippen molar-refractivity contribution in [1.82, 2.24) is 5.32 Å². The molecule has 0 amide bonds. The van der Waals surface area contributed by atoms with Crippen LogP contribution in [0.5, 0.6) is 0 Å². The Balaban J connectivity index is 3.28. The third-order valence-electron chi connectivity index (χ3n) is 1.89. The monoisotopic (exact) mass is 247 g/mol. The maximum Gasteiger partial charge on any atom is 0.320 e. The van der Waals surface area contributed by atoms with Crippen molar-refractivity contribution in [3.63, 3.8) is 0 Å². The van der Waals surface area contributed by atoms with Crippen molar-refractivity contribution in [1.29, 1.82) is 0 Å². The number of hydrogen-bond donors (Lipinski definition) is 1. The zero-order chi connectivity index (χ0) is 13.1. The van der Waals surface area contributed by atoms with Gasteiger partial charge in [0.05, 0.1) is 13.2 Å². The summed E-state index contributed by atoms with van der Waals surface area (Å²) in [5, 5.41) is 3.06. The maximum absolute atomic E-state index is 11.3. The molecule has 0 rings (SSSR count). The van der Waals surface area contributed by atoms with Crippen LogP contribution in [-0.2, 0) is 19.0 Å². The van der Waals surface area contributed by atoms with Gasteiger partial charge in [-0.2, -0.15) is 0 Å².